The van der Waals surface area contributed by atoms with E-state index >= 15 is 0 Å². The Hall–Kier alpha value is -3.07. The number of amides is 1. The Morgan fingerprint density at radius 2 is 2.12 bits per heavy atom. The number of halogens is 1. The summed E-state index contributed by atoms with van der Waals surface area (Å²) in [5.41, 5.74) is 0.774. The number of nitrogens with zero attached hydrogens (tertiary/aromatic N) is 3. The number of anilines is 1. The van der Waals surface area contributed by atoms with E-state index in [4.69, 9.17) is 0 Å². The van der Waals surface area contributed by atoms with E-state index in [0.29, 0.717) is 22.2 Å². The number of hydrogen-bond donors (Lipinski definition) is 1. The quantitative estimate of drug-likeness (QED) is 0.519. The van der Waals surface area contributed by atoms with Gasteiger partial charge in [-0.25, -0.2) is 4.98 Å². The molecule has 1 amide bonds. The van der Waals surface area contributed by atoms with Gasteiger partial charge in [0, 0.05) is 10.5 Å². The van der Waals surface area contributed by atoms with Crippen LogP contribution in [0.25, 0.3) is 10.9 Å². The minimum atomic E-state index is -0.513. The average Bonchev–Trinajstić information content (AvgIpc) is 2.59. The van der Waals surface area contributed by atoms with E-state index in [2.05, 4.69) is 26.2 Å². The molecule has 1 heterocycles. The standard InChI is InChI=1S/C17H13BrN4O4/c1-10-13(3-2-4-15(10)22(25)26)20-16(23)8-21-9-19-14-6-5-11(18)7-12(14)17(21)24/h2-7,9H,8H2,1H3,(H,20,23). The van der Waals surface area contributed by atoms with Crippen LogP contribution >= 0.6 is 15.9 Å². The van der Waals surface area contributed by atoms with Crippen molar-refractivity contribution in [2.24, 2.45) is 0 Å². The van der Waals surface area contributed by atoms with Crippen molar-refractivity contribution < 1.29 is 9.72 Å². The van der Waals surface area contributed by atoms with Crippen molar-refractivity contribution >= 4 is 44.1 Å². The fourth-order valence-electron chi connectivity index (χ4n) is 2.54. The zero-order valence-electron chi connectivity index (χ0n) is 13.6. The number of nitro groups is 1. The second-order valence-corrected chi connectivity index (χ2v) is 6.51. The first-order valence-electron chi connectivity index (χ1n) is 7.55. The minimum Gasteiger partial charge on any atom is -0.324 e. The molecule has 3 rings (SSSR count). The van der Waals surface area contributed by atoms with Crippen molar-refractivity contribution in [1.82, 2.24) is 9.55 Å². The highest BCUT2D eigenvalue weighted by Crippen LogP contribution is 2.25. The first-order valence-corrected chi connectivity index (χ1v) is 8.34. The molecule has 2 aromatic carbocycles. The molecule has 0 saturated heterocycles. The van der Waals surface area contributed by atoms with Gasteiger partial charge >= 0.3 is 0 Å². The summed E-state index contributed by atoms with van der Waals surface area (Å²) in [4.78, 5) is 39.4. The number of hydrogen-bond acceptors (Lipinski definition) is 5. The molecule has 0 aliphatic carbocycles. The van der Waals surface area contributed by atoms with Crippen LogP contribution < -0.4 is 10.9 Å². The molecule has 0 bridgehead atoms. The molecule has 0 saturated carbocycles. The van der Waals surface area contributed by atoms with Crippen LogP contribution in [-0.4, -0.2) is 20.4 Å². The van der Waals surface area contributed by atoms with Gasteiger partial charge in [-0.3, -0.25) is 24.3 Å². The van der Waals surface area contributed by atoms with Crippen LogP contribution in [0.15, 0.2) is 52.0 Å². The topological polar surface area (TPSA) is 107 Å². The van der Waals surface area contributed by atoms with Crippen LogP contribution in [0.5, 0.6) is 0 Å². The normalized spacial score (nSPS) is 10.7. The monoisotopic (exact) mass is 416 g/mol. The predicted molar refractivity (Wildman–Crippen MR) is 100 cm³/mol. The third kappa shape index (κ3) is 3.47. The molecule has 0 spiro atoms. The highest BCUT2D eigenvalue weighted by molar-refractivity contribution is 9.10. The Balaban J connectivity index is 1.86. The van der Waals surface area contributed by atoms with Gasteiger partial charge in [-0.2, -0.15) is 0 Å². The van der Waals surface area contributed by atoms with Crippen LogP contribution in [0, 0.1) is 17.0 Å². The van der Waals surface area contributed by atoms with Gasteiger partial charge in [-0.05, 0) is 31.2 Å². The molecule has 1 aromatic heterocycles. The van der Waals surface area contributed by atoms with E-state index in [-0.39, 0.29) is 17.8 Å². The maximum absolute atomic E-state index is 12.5. The summed E-state index contributed by atoms with van der Waals surface area (Å²) in [6.07, 6.45) is 1.30. The summed E-state index contributed by atoms with van der Waals surface area (Å²) in [5.74, 6) is -0.480. The molecule has 132 valence electrons. The Labute approximate surface area is 155 Å². The highest BCUT2D eigenvalue weighted by atomic mass is 79.9. The minimum absolute atomic E-state index is 0.0859. The lowest BCUT2D eigenvalue weighted by molar-refractivity contribution is -0.385. The first kappa shape index (κ1) is 17.7. The van der Waals surface area contributed by atoms with Crippen LogP contribution in [0.2, 0.25) is 0 Å². The molecule has 1 N–H and O–H groups in total. The summed E-state index contributed by atoms with van der Waals surface area (Å²) < 4.78 is 1.93. The van der Waals surface area contributed by atoms with Crippen molar-refractivity contribution in [3.05, 3.63) is 73.2 Å². The molecule has 9 heteroatoms. The van der Waals surface area contributed by atoms with Crippen LogP contribution in [0.4, 0.5) is 11.4 Å². The lowest BCUT2D eigenvalue weighted by Crippen LogP contribution is -2.28. The Morgan fingerprint density at radius 1 is 1.35 bits per heavy atom. The predicted octanol–water partition coefficient (Wildman–Crippen LogP) is 3.01. The number of carbonyl (C=O) groups excluding carboxylic acids is 1. The van der Waals surface area contributed by atoms with Crippen LogP contribution in [0.3, 0.4) is 0 Å². The van der Waals surface area contributed by atoms with Crippen LogP contribution in [0.1, 0.15) is 5.56 Å². The largest absolute Gasteiger partial charge is 0.324 e. The molecule has 8 nitrogen and oxygen atoms in total. The van der Waals surface area contributed by atoms with E-state index in [0.717, 1.165) is 4.47 Å². The zero-order valence-corrected chi connectivity index (χ0v) is 15.2. The van der Waals surface area contributed by atoms with E-state index < -0.39 is 10.8 Å². The van der Waals surface area contributed by atoms with Gasteiger partial charge in [0.05, 0.1) is 33.4 Å². The first-order chi connectivity index (χ1) is 12.4. The fourth-order valence-corrected chi connectivity index (χ4v) is 2.91. The third-order valence-electron chi connectivity index (χ3n) is 3.88. The van der Waals surface area contributed by atoms with E-state index in [1.165, 1.54) is 23.0 Å². The summed E-state index contributed by atoms with van der Waals surface area (Å²) in [6.45, 7) is 1.30. The second kappa shape index (κ2) is 7.04. The maximum Gasteiger partial charge on any atom is 0.274 e. The summed E-state index contributed by atoms with van der Waals surface area (Å²) in [7, 11) is 0. The van der Waals surface area contributed by atoms with Crippen LogP contribution in [-0.2, 0) is 11.3 Å². The highest BCUT2D eigenvalue weighted by Gasteiger charge is 2.15. The fraction of sp³-hybridized carbons (Fsp3) is 0.118. The van der Waals surface area contributed by atoms with Crippen molar-refractivity contribution in [3.8, 4) is 0 Å². The average molecular weight is 417 g/mol. The Bertz CT molecular complexity index is 1090. The van der Waals surface area contributed by atoms with E-state index in [1.54, 1.807) is 31.2 Å². The summed E-state index contributed by atoms with van der Waals surface area (Å²) >= 11 is 3.30. The molecule has 26 heavy (non-hydrogen) atoms. The Kier molecular flexibility index (Phi) is 4.81. The molecule has 3 aromatic rings. The molecule has 0 atom stereocenters. The van der Waals surface area contributed by atoms with Gasteiger partial charge in [0.25, 0.3) is 11.2 Å². The van der Waals surface area contributed by atoms with Crippen molar-refractivity contribution in [3.63, 3.8) is 0 Å². The summed E-state index contributed by atoms with van der Waals surface area (Å²) in [5, 5.41) is 14.0. The molecule has 0 fully saturated rings. The van der Waals surface area contributed by atoms with Crippen molar-refractivity contribution in [2.45, 2.75) is 13.5 Å². The number of carbonyl (C=O) groups is 1. The Morgan fingerprint density at radius 3 is 2.85 bits per heavy atom. The number of rotatable bonds is 4. The number of fused-ring (bicyclic) bond motifs is 1. The van der Waals surface area contributed by atoms with Gasteiger partial charge in [-0.15, -0.1) is 0 Å². The second-order valence-electron chi connectivity index (χ2n) is 5.59. The van der Waals surface area contributed by atoms with Gasteiger partial charge in [0.1, 0.15) is 6.54 Å². The number of benzene rings is 2. The van der Waals surface area contributed by atoms with E-state index in [1.807, 2.05) is 0 Å². The number of aromatic nitrogens is 2. The molecule has 0 radical (unpaired) electrons. The van der Waals surface area contributed by atoms with E-state index in [9.17, 15) is 19.7 Å². The third-order valence-corrected chi connectivity index (χ3v) is 4.37. The molecular formula is C17H13BrN4O4. The van der Waals surface area contributed by atoms with Crippen molar-refractivity contribution in [1.29, 1.82) is 0 Å². The summed E-state index contributed by atoms with van der Waals surface area (Å²) in [6, 6.07) is 9.54. The lowest BCUT2D eigenvalue weighted by atomic mass is 10.1. The number of nitro benzene ring substituents is 1. The van der Waals surface area contributed by atoms with Gasteiger partial charge < -0.3 is 5.32 Å². The van der Waals surface area contributed by atoms with Crippen molar-refractivity contribution in [2.75, 3.05) is 5.32 Å². The van der Waals surface area contributed by atoms with Gasteiger partial charge in [0.2, 0.25) is 5.91 Å². The zero-order chi connectivity index (χ0) is 18.8. The van der Waals surface area contributed by atoms with Gasteiger partial charge in [-0.1, -0.05) is 22.0 Å². The number of nitrogens with one attached hydrogen (secondary N) is 1. The molecule has 0 aliphatic heterocycles. The maximum atomic E-state index is 12.5. The molecule has 0 aliphatic rings. The smallest absolute Gasteiger partial charge is 0.274 e. The van der Waals surface area contributed by atoms with Gasteiger partial charge in [0.15, 0.2) is 0 Å². The SMILES string of the molecule is Cc1c(NC(=O)Cn2cnc3ccc(Br)cc3c2=O)cccc1[N+](=O)[O-]. The molecular weight excluding hydrogens is 404 g/mol. The lowest BCUT2D eigenvalue weighted by Gasteiger charge is -2.10. The molecule has 0 unspecified atom stereocenters.